The van der Waals surface area contributed by atoms with Crippen LogP contribution in [0.5, 0.6) is 0 Å². The number of carbonyl (C=O) groups is 2. The van der Waals surface area contributed by atoms with Crippen molar-refractivity contribution in [2.45, 2.75) is 38.5 Å². The second kappa shape index (κ2) is 5.83. The molecule has 1 aliphatic carbocycles. The molecule has 1 aliphatic rings. The Morgan fingerprint density at radius 1 is 1.32 bits per heavy atom. The van der Waals surface area contributed by atoms with E-state index >= 15 is 0 Å². The van der Waals surface area contributed by atoms with Gasteiger partial charge in [-0.05, 0) is 49.0 Å². The quantitative estimate of drug-likeness (QED) is 0.845. The molecular formula is C16H18O3. The topological polar surface area (TPSA) is 54.4 Å². The minimum Gasteiger partial charge on any atom is -0.481 e. The first-order valence-corrected chi connectivity index (χ1v) is 6.64. The molecule has 0 spiro atoms. The third-order valence-corrected chi connectivity index (χ3v) is 3.58. The van der Waals surface area contributed by atoms with E-state index in [1.807, 2.05) is 30.3 Å². The van der Waals surface area contributed by atoms with Crippen LogP contribution < -0.4 is 0 Å². The van der Waals surface area contributed by atoms with Gasteiger partial charge >= 0.3 is 5.97 Å². The third-order valence-electron chi connectivity index (χ3n) is 3.58. The first kappa shape index (κ1) is 13.5. The normalized spacial score (nSPS) is 19.4. The zero-order valence-electron chi connectivity index (χ0n) is 11.1. The number of carboxylic acid groups (broad SMARTS) is 1. The zero-order valence-corrected chi connectivity index (χ0v) is 11.1. The van der Waals surface area contributed by atoms with Gasteiger partial charge in [-0.15, -0.1) is 0 Å². The SMILES string of the molecule is CC(C(=O)O)c1cccc(C=C2CCCCC2=O)c1. The van der Waals surface area contributed by atoms with Crippen molar-refractivity contribution in [2.24, 2.45) is 0 Å². The highest BCUT2D eigenvalue weighted by Gasteiger charge is 2.16. The van der Waals surface area contributed by atoms with E-state index in [0.29, 0.717) is 6.42 Å². The second-order valence-corrected chi connectivity index (χ2v) is 5.03. The fraction of sp³-hybridized carbons (Fsp3) is 0.375. The van der Waals surface area contributed by atoms with E-state index in [4.69, 9.17) is 5.11 Å². The van der Waals surface area contributed by atoms with Gasteiger partial charge in [0.1, 0.15) is 0 Å². The molecule has 19 heavy (non-hydrogen) atoms. The Morgan fingerprint density at radius 2 is 2.05 bits per heavy atom. The Hall–Kier alpha value is -1.90. The predicted octanol–water partition coefficient (Wildman–Crippen LogP) is 3.40. The van der Waals surface area contributed by atoms with Crippen molar-refractivity contribution in [1.29, 1.82) is 0 Å². The number of allylic oxidation sites excluding steroid dienone is 1. The Kier molecular flexibility index (Phi) is 4.15. The van der Waals surface area contributed by atoms with E-state index in [-0.39, 0.29) is 5.78 Å². The van der Waals surface area contributed by atoms with Crippen molar-refractivity contribution in [2.75, 3.05) is 0 Å². The number of aliphatic carboxylic acids is 1. The lowest BCUT2D eigenvalue weighted by Gasteiger charge is -2.13. The van der Waals surface area contributed by atoms with Crippen molar-refractivity contribution in [1.82, 2.24) is 0 Å². The van der Waals surface area contributed by atoms with Crippen molar-refractivity contribution >= 4 is 17.8 Å². The van der Waals surface area contributed by atoms with Gasteiger partial charge in [0.05, 0.1) is 5.92 Å². The van der Waals surface area contributed by atoms with Crippen LogP contribution in [0.25, 0.3) is 6.08 Å². The summed E-state index contributed by atoms with van der Waals surface area (Å²) < 4.78 is 0. The fourth-order valence-electron chi connectivity index (χ4n) is 2.32. The lowest BCUT2D eigenvalue weighted by atomic mass is 9.91. The number of rotatable bonds is 3. The molecule has 0 aliphatic heterocycles. The molecule has 3 nitrogen and oxygen atoms in total. The van der Waals surface area contributed by atoms with Gasteiger partial charge in [0, 0.05) is 6.42 Å². The third kappa shape index (κ3) is 3.31. The van der Waals surface area contributed by atoms with Crippen LogP contribution in [0, 0.1) is 0 Å². The summed E-state index contributed by atoms with van der Waals surface area (Å²) in [5.74, 6) is -1.14. The molecule has 0 aromatic heterocycles. The Balaban J connectivity index is 2.26. The number of ketones is 1. The molecule has 0 radical (unpaired) electrons. The minimum absolute atomic E-state index is 0.225. The molecule has 1 fully saturated rings. The first-order valence-electron chi connectivity index (χ1n) is 6.64. The van der Waals surface area contributed by atoms with Crippen LogP contribution in [0.4, 0.5) is 0 Å². The molecule has 0 saturated heterocycles. The van der Waals surface area contributed by atoms with Crippen LogP contribution in [0.15, 0.2) is 29.8 Å². The fourth-order valence-corrected chi connectivity index (χ4v) is 2.32. The number of carboxylic acids is 1. The van der Waals surface area contributed by atoms with E-state index in [9.17, 15) is 9.59 Å². The summed E-state index contributed by atoms with van der Waals surface area (Å²) in [6.45, 7) is 1.67. The summed E-state index contributed by atoms with van der Waals surface area (Å²) in [6.07, 6.45) is 5.41. The van der Waals surface area contributed by atoms with E-state index in [1.165, 1.54) is 0 Å². The van der Waals surface area contributed by atoms with Gasteiger partial charge in [-0.3, -0.25) is 9.59 Å². The molecule has 2 rings (SSSR count). The monoisotopic (exact) mass is 258 g/mol. The number of Topliss-reactive ketones (excluding diaryl/α,β-unsaturated/α-hetero) is 1. The lowest BCUT2D eigenvalue weighted by Crippen LogP contribution is -2.09. The predicted molar refractivity (Wildman–Crippen MR) is 73.9 cm³/mol. The van der Waals surface area contributed by atoms with E-state index < -0.39 is 11.9 Å². The summed E-state index contributed by atoms with van der Waals surface area (Å²) in [5, 5.41) is 9.02. The molecule has 1 aromatic rings. The molecule has 1 N–H and O–H groups in total. The first-order chi connectivity index (χ1) is 9.08. The van der Waals surface area contributed by atoms with Crippen molar-refractivity contribution in [3.63, 3.8) is 0 Å². The van der Waals surface area contributed by atoms with Crippen molar-refractivity contribution in [3.05, 3.63) is 41.0 Å². The average Bonchev–Trinajstić information content (AvgIpc) is 2.41. The standard InChI is InChI=1S/C16H18O3/c1-11(16(18)19)13-7-4-5-12(9-13)10-14-6-2-3-8-15(14)17/h4-5,7,9-11H,2-3,6,8H2,1H3,(H,18,19). The molecule has 3 heteroatoms. The minimum atomic E-state index is -0.835. The van der Waals surface area contributed by atoms with Gasteiger partial charge in [0.25, 0.3) is 0 Å². The van der Waals surface area contributed by atoms with Crippen molar-refractivity contribution < 1.29 is 14.7 Å². The van der Waals surface area contributed by atoms with Crippen LogP contribution in [0.2, 0.25) is 0 Å². The zero-order chi connectivity index (χ0) is 13.8. The van der Waals surface area contributed by atoms with Gasteiger partial charge in [-0.25, -0.2) is 0 Å². The summed E-state index contributed by atoms with van der Waals surface area (Å²) in [5.41, 5.74) is 2.55. The highest BCUT2D eigenvalue weighted by molar-refractivity contribution is 6.00. The number of hydrogen-bond donors (Lipinski definition) is 1. The summed E-state index contributed by atoms with van der Waals surface area (Å²) in [6, 6.07) is 7.42. The number of carbonyl (C=O) groups excluding carboxylic acids is 1. The van der Waals surface area contributed by atoms with Gasteiger partial charge < -0.3 is 5.11 Å². The highest BCUT2D eigenvalue weighted by atomic mass is 16.4. The average molecular weight is 258 g/mol. The molecule has 1 aromatic carbocycles. The summed E-state index contributed by atoms with van der Waals surface area (Å²) in [4.78, 5) is 22.7. The molecule has 0 amide bonds. The second-order valence-electron chi connectivity index (χ2n) is 5.03. The summed E-state index contributed by atoms with van der Waals surface area (Å²) >= 11 is 0. The van der Waals surface area contributed by atoms with Crippen LogP contribution in [-0.2, 0) is 9.59 Å². The molecular weight excluding hydrogens is 240 g/mol. The smallest absolute Gasteiger partial charge is 0.310 e. The van der Waals surface area contributed by atoms with Gasteiger partial charge in [-0.2, -0.15) is 0 Å². The van der Waals surface area contributed by atoms with Crippen LogP contribution in [0.1, 0.15) is 49.7 Å². The Morgan fingerprint density at radius 3 is 2.74 bits per heavy atom. The van der Waals surface area contributed by atoms with E-state index in [0.717, 1.165) is 36.0 Å². The summed E-state index contributed by atoms with van der Waals surface area (Å²) in [7, 11) is 0. The van der Waals surface area contributed by atoms with Gasteiger partial charge in [0.15, 0.2) is 5.78 Å². The highest BCUT2D eigenvalue weighted by Crippen LogP contribution is 2.24. The molecule has 0 heterocycles. The number of hydrogen-bond acceptors (Lipinski definition) is 2. The largest absolute Gasteiger partial charge is 0.481 e. The van der Waals surface area contributed by atoms with Gasteiger partial charge in [0.2, 0.25) is 0 Å². The maximum absolute atomic E-state index is 11.8. The van der Waals surface area contributed by atoms with Crippen LogP contribution in [0.3, 0.4) is 0 Å². The molecule has 100 valence electrons. The Labute approximate surface area is 113 Å². The maximum Gasteiger partial charge on any atom is 0.310 e. The lowest BCUT2D eigenvalue weighted by molar-refractivity contribution is -0.138. The Bertz CT molecular complexity index is 529. The van der Waals surface area contributed by atoms with Crippen LogP contribution >= 0.6 is 0 Å². The number of benzene rings is 1. The van der Waals surface area contributed by atoms with E-state index in [2.05, 4.69) is 0 Å². The van der Waals surface area contributed by atoms with Crippen LogP contribution in [-0.4, -0.2) is 16.9 Å². The van der Waals surface area contributed by atoms with Gasteiger partial charge in [-0.1, -0.05) is 24.3 Å². The molecule has 1 saturated carbocycles. The molecule has 0 bridgehead atoms. The molecule has 1 unspecified atom stereocenters. The van der Waals surface area contributed by atoms with E-state index in [1.54, 1.807) is 6.92 Å². The maximum atomic E-state index is 11.8. The molecule has 1 atom stereocenters. The van der Waals surface area contributed by atoms with Crippen molar-refractivity contribution in [3.8, 4) is 0 Å².